The van der Waals surface area contributed by atoms with Gasteiger partial charge in [0.15, 0.2) is 0 Å². The highest BCUT2D eigenvalue weighted by Crippen LogP contribution is 2.31. The Morgan fingerprint density at radius 2 is 1.79 bits per heavy atom. The number of para-hydroxylation sites is 2. The first-order valence-corrected chi connectivity index (χ1v) is 5.86. The van der Waals surface area contributed by atoms with Gasteiger partial charge in [-0.1, -0.05) is 12.1 Å². The van der Waals surface area contributed by atoms with Gasteiger partial charge in [0.05, 0.1) is 19.9 Å². The van der Waals surface area contributed by atoms with Crippen molar-refractivity contribution in [3.05, 3.63) is 29.5 Å². The number of ether oxygens (including phenoxy) is 2. The van der Waals surface area contributed by atoms with Gasteiger partial charge in [-0.05, 0) is 23.7 Å². The maximum Gasteiger partial charge on any atom is 0.322 e. The molecule has 19 heavy (non-hydrogen) atoms. The molecule has 0 aliphatic heterocycles. The Labute approximate surface area is 116 Å². The molecule has 0 amide bonds. The topological polar surface area (TPSA) is 60.4 Å². The number of nitrogens with zero attached hydrogens (tertiary/aromatic N) is 4. The molecule has 0 atom stereocenters. The van der Waals surface area contributed by atoms with Crippen molar-refractivity contribution < 1.29 is 9.47 Å². The Morgan fingerprint density at radius 3 is 2.47 bits per heavy atom. The smallest absolute Gasteiger partial charge is 0.322 e. The summed E-state index contributed by atoms with van der Waals surface area (Å²) in [6.45, 7) is 0. The lowest BCUT2D eigenvalue weighted by Gasteiger charge is -2.19. The van der Waals surface area contributed by atoms with E-state index in [1.807, 2.05) is 31.3 Å². The van der Waals surface area contributed by atoms with Gasteiger partial charge in [-0.15, -0.1) is 0 Å². The average Bonchev–Trinajstić information content (AvgIpc) is 2.45. The highest BCUT2D eigenvalue weighted by atomic mass is 35.5. The van der Waals surface area contributed by atoms with Crippen LogP contribution in [0.25, 0.3) is 0 Å². The van der Waals surface area contributed by atoms with Gasteiger partial charge in [-0.25, -0.2) is 0 Å². The molecule has 0 fully saturated rings. The number of benzene rings is 1. The van der Waals surface area contributed by atoms with Gasteiger partial charge in [0.2, 0.25) is 11.2 Å². The zero-order valence-electron chi connectivity index (χ0n) is 10.8. The number of aromatic nitrogens is 3. The molecular formula is C12H13ClN4O2. The monoisotopic (exact) mass is 280 g/mol. The lowest BCUT2D eigenvalue weighted by molar-refractivity contribution is 0.378. The number of rotatable bonds is 4. The van der Waals surface area contributed by atoms with Crippen molar-refractivity contribution in [1.29, 1.82) is 0 Å². The first-order valence-electron chi connectivity index (χ1n) is 5.48. The van der Waals surface area contributed by atoms with Crippen LogP contribution < -0.4 is 14.4 Å². The molecule has 0 aliphatic carbocycles. The summed E-state index contributed by atoms with van der Waals surface area (Å²) in [5, 5.41) is 0.0728. The Balaban J connectivity index is 2.43. The fourth-order valence-corrected chi connectivity index (χ4v) is 1.73. The minimum atomic E-state index is 0.0728. The maximum absolute atomic E-state index is 5.83. The first kappa shape index (κ1) is 13.4. The molecule has 0 bridgehead atoms. The summed E-state index contributed by atoms with van der Waals surface area (Å²) in [5.41, 5.74) is 0.814. The minimum Gasteiger partial charge on any atom is -0.495 e. The molecule has 0 spiro atoms. The quantitative estimate of drug-likeness (QED) is 0.856. The van der Waals surface area contributed by atoms with Crippen LogP contribution in [0, 0.1) is 0 Å². The molecule has 0 aliphatic rings. The van der Waals surface area contributed by atoms with Crippen LogP contribution in [-0.4, -0.2) is 36.2 Å². The van der Waals surface area contributed by atoms with Gasteiger partial charge in [-0.3, -0.25) is 0 Å². The van der Waals surface area contributed by atoms with Gasteiger partial charge in [-0.2, -0.15) is 15.0 Å². The second-order valence-corrected chi connectivity index (χ2v) is 3.96. The Bertz CT molecular complexity index is 579. The minimum absolute atomic E-state index is 0.0728. The molecule has 100 valence electrons. The molecule has 2 aromatic rings. The fourth-order valence-electron chi connectivity index (χ4n) is 1.58. The summed E-state index contributed by atoms with van der Waals surface area (Å²) in [7, 11) is 4.88. The molecule has 2 rings (SSSR count). The summed E-state index contributed by atoms with van der Waals surface area (Å²) in [6.07, 6.45) is 0. The predicted octanol–water partition coefficient (Wildman–Crippen LogP) is 2.31. The van der Waals surface area contributed by atoms with E-state index in [9.17, 15) is 0 Å². The Hall–Kier alpha value is -2.08. The highest BCUT2D eigenvalue weighted by molar-refractivity contribution is 6.28. The van der Waals surface area contributed by atoms with Crippen LogP contribution in [-0.2, 0) is 0 Å². The van der Waals surface area contributed by atoms with E-state index in [-0.39, 0.29) is 11.3 Å². The fraction of sp³-hybridized carbons (Fsp3) is 0.250. The molecule has 1 heterocycles. The summed E-state index contributed by atoms with van der Waals surface area (Å²) in [4.78, 5) is 13.8. The molecule has 0 saturated carbocycles. The summed E-state index contributed by atoms with van der Waals surface area (Å²) < 4.78 is 10.3. The van der Waals surface area contributed by atoms with E-state index in [0.717, 1.165) is 5.69 Å². The number of hydrogen-bond acceptors (Lipinski definition) is 6. The van der Waals surface area contributed by atoms with E-state index in [2.05, 4.69) is 15.0 Å². The zero-order chi connectivity index (χ0) is 13.8. The summed E-state index contributed by atoms with van der Waals surface area (Å²) in [6, 6.07) is 7.69. The molecule has 7 heteroatoms. The van der Waals surface area contributed by atoms with Crippen LogP contribution in [0.1, 0.15) is 0 Å². The summed E-state index contributed by atoms with van der Waals surface area (Å²) >= 11 is 5.83. The molecule has 1 aromatic heterocycles. The Kier molecular flexibility index (Phi) is 4.01. The van der Waals surface area contributed by atoms with Crippen molar-refractivity contribution in [1.82, 2.24) is 15.0 Å². The predicted molar refractivity (Wildman–Crippen MR) is 72.4 cm³/mol. The molecule has 0 N–H and O–H groups in total. The van der Waals surface area contributed by atoms with Crippen LogP contribution in [0.2, 0.25) is 5.28 Å². The molecule has 6 nitrogen and oxygen atoms in total. The molecule has 0 radical (unpaired) electrons. The molecule has 0 saturated heterocycles. The van der Waals surface area contributed by atoms with Gasteiger partial charge in [0, 0.05) is 7.05 Å². The standard InChI is InChI=1S/C12H13ClN4O2/c1-17(8-6-4-5-7-9(8)18-2)11-14-10(13)15-12(16-11)19-3/h4-7H,1-3H3. The van der Waals surface area contributed by atoms with Crippen molar-refractivity contribution in [3.63, 3.8) is 0 Å². The van der Waals surface area contributed by atoms with Crippen LogP contribution in [0.5, 0.6) is 11.8 Å². The van der Waals surface area contributed by atoms with E-state index in [1.165, 1.54) is 7.11 Å². The molecule has 0 unspecified atom stereocenters. The third-order valence-corrected chi connectivity index (χ3v) is 2.67. The van der Waals surface area contributed by atoms with Crippen molar-refractivity contribution in [2.75, 3.05) is 26.2 Å². The van der Waals surface area contributed by atoms with Gasteiger partial charge in [0.1, 0.15) is 5.75 Å². The van der Waals surface area contributed by atoms with Crippen LogP contribution in [0.15, 0.2) is 24.3 Å². The van der Waals surface area contributed by atoms with Crippen molar-refractivity contribution in [2.24, 2.45) is 0 Å². The third-order valence-electron chi connectivity index (χ3n) is 2.50. The van der Waals surface area contributed by atoms with Crippen LogP contribution in [0.3, 0.4) is 0 Å². The van der Waals surface area contributed by atoms with E-state index in [1.54, 1.807) is 12.0 Å². The largest absolute Gasteiger partial charge is 0.495 e. The van der Waals surface area contributed by atoms with Crippen LogP contribution >= 0.6 is 11.6 Å². The Morgan fingerprint density at radius 1 is 1.05 bits per heavy atom. The lowest BCUT2D eigenvalue weighted by atomic mass is 10.3. The summed E-state index contributed by atoms with van der Waals surface area (Å²) in [5.74, 6) is 1.09. The number of methoxy groups -OCH3 is 2. The van der Waals surface area contributed by atoms with Gasteiger partial charge in [0.25, 0.3) is 0 Å². The normalized spacial score (nSPS) is 10.1. The second kappa shape index (κ2) is 5.71. The number of halogens is 1. The third kappa shape index (κ3) is 2.85. The maximum atomic E-state index is 5.83. The molecule has 1 aromatic carbocycles. The zero-order valence-corrected chi connectivity index (χ0v) is 11.5. The van der Waals surface area contributed by atoms with E-state index in [4.69, 9.17) is 21.1 Å². The van der Waals surface area contributed by atoms with Crippen molar-refractivity contribution >= 4 is 23.2 Å². The highest BCUT2D eigenvalue weighted by Gasteiger charge is 2.14. The number of hydrogen-bond donors (Lipinski definition) is 0. The second-order valence-electron chi connectivity index (χ2n) is 3.62. The average molecular weight is 281 g/mol. The number of anilines is 2. The van der Waals surface area contributed by atoms with Crippen LogP contribution in [0.4, 0.5) is 11.6 Å². The van der Waals surface area contributed by atoms with E-state index in [0.29, 0.717) is 11.7 Å². The SMILES string of the molecule is COc1nc(Cl)nc(N(C)c2ccccc2OC)n1. The van der Waals surface area contributed by atoms with E-state index >= 15 is 0 Å². The van der Waals surface area contributed by atoms with Crippen molar-refractivity contribution in [3.8, 4) is 11.8 Å². The lowest BCUT2D eigenvalue weighted by Crippen LogP contribution is -2.15. The van der Waals surface area contributed by atoms with E-state index < -0.39 is 0 Å². The first-order chi connectivity index (χ1) is 9.15. The van der Waals surface area contributed by atoms with Crippen molar-refractivity contribution in [2.45, 2.75) is 0 Å². The van der Waals surface area contributed by atoms with Gasteiger partial charge >= 0.3 is 6.01 Å². The molecular weight excluding hydrogens is 268 g/mol. The van der Waals surface area contributed by atoms with Gasteiger partial charge < -0.3 is 14.4 Å².